The first kappa shape index (κ1) is 12.0. The lowest BCUT2D eigenvalue weighted by Crippen LogP contribution is -2.44. The van der Waals surface area contributed by atoms with Crippen molar-refractivity contribution in [3.8, 4) is 0 Å². The molecule has 4 N–H and O–H groups in total. The van der Waals surface area contributed by atoms with Gasteiger partial charge in [0.05, 0.1) is 6.04 Å². The van der Waals surface area contributed by atoms with E-state index >= 15 is 0 Å². The Morgan fingerprint density at radius 1 is 1.47 bits per heavy atom. The monoisotopic (exact) mass is 226 g/mol. The molecule has 0 spiro atoms. The van der Waals surface area contributed by atoms with Crippen molar-refractivity contribution in [2.45, 2.75) is 32.9 Å². The van der Waals surface area contributed by atoms with E-state index in [-0.39, 0.29) is 6.04 Å². The van der Waals surface area contributed by atoms with Crippen molar-refractivity contribution in [2.75, 3.05) is 0 Å². The highest BCUT2D eigenvalue weighted by Gasteiger charge is 2.06. The quantitative estimate of drug-likeness (QED) is 0.318. The molecule has 0 saturated carbocycles. The molecule has 1 unspecified atom stereocenters. The largest absolute Gasteiger partial charge is 0.353 e. The number of nitrogens with zero attached hydrogens (tertiary/aromatic N) is 1. The van der Waals surface area contributed by atoms with Gasteiger partial charge in [-0.1, -0.05) is 6.07 Å². The van der Waals surface area contributed by atoms with Gasteiger partial charge in [-0.2, -0.15) is 0 Å². The molecule has 1 aromatic rings. The summed E-state index contributed by atoms with van der Waals surface area (Å²) in [7, 11) is 0. The highest BCUT2D eigenvalue weighted by Crippen LogP contribution is 2.21. The fourth-order valence-electron chi connectivity index (χ4n) is 1.18. The number of nitrogens with two attached hydrogens (primary N) is 1. The topological polar surface area (TPSA) is 62.4 Å². The molecule has 1 rings (SSSR count). The minimum atomic E-state index is 0.127. The molecule has 0 aliphatic carbocycles. The van der Waals surface area contributed by atoms with Crippen molar-refractivity contribution in [1.82, 2.24) is 10.7 Å². The smallest absolute Gasteiger partial charge is 0.206 e. The summed E-state index contributed by atoms with van der Waals surface area (Å²) in [6, 6.07) is 4.54. The van der Waals surface area contributed by atoms with E-state index in [4.69, 9.17) is 5.84 Å². The zero-order chi connectivity index (χ0) is 11.3. The van der Waals surface area contributed by atoms with Crippen LogP contribution in [0.4, 0.5) is 0 Å². The minimum absolute atomic E-state index is 0.127. The third-order valence-electron chi connectivity index (χ3n) is 1.84. The Balaban J connectivity index is 2.66. The highest BCUT2D eigenvalue weighted by molar-refractivity contribution is 7.10. The van der Waals surface area contributed by atoms with Crippen LogP contribution in [0.25, 0.3) is 0 Å². The molecule has 4 nitrogen and oxygen atoms in total. The lowest BCUT2D eigenvalue weighted by atomic mass is 10.3. The third kappa shape index (κ3) is 3.89. The van der Waals surface area contributed by atoms with Gasteiger partial charge in [0.15, 0.2) is 0 Å². The number of hydrazine groups is 1. The Hall–Kier alpha value is -1.07. The summed E-state index contributed by atoms with van der Waals surface area (Å²) in [5.74, 6) is 6.01. The van der Waals surface area contributed by atoms with Gasteiger partial charge in [-0.05, 0) is 32.2 Å². The zero-order valence-corrected chi connectivity index (χ0v) is 10.1. The summed E-state index contributed by atoms with van der Waals surface area (Å²) in [5, 5.41) is 5.19. The average molecular weight is 226 g/mol. The van der Waals surface area contributed by atoms with E-state index < -0.39 is 0 Å². The number of thiophene rings is 1. The van der Waals surface area contributed by atoms with Gasteiger partial charge in [-0.15, -0.1) is 11.3 Å². The number of guanidine groups is 1. The van der Waals surface area contributed by atoms with Crippen LogP contribution in [0, 0.1) is 0 Å². The third-order valence-corrected chi connectivity index (χ3v) is 2.88. The van der Waals surface area contributed by atoms with E-state index in [1.165, 1.54) is 4.88 Å². The molecule has 15 heavy (non-hydrogen) atoms. The summed E-state index contributed by atoms with van der Waals surface area (Å²) in [4.78, 5) is 5.69. The van der Waals surface area contributed by atoms with Crippen molar-refractivity contribution in [3.05, 3.63) is 22.4 Å². The van der Waals surface area contributed by atoms with E-state index in [1.54, 1.807) is 11.3 Å². The van der Waals surface area contributed by atoms with Gasteiger partial charge in [0.25, 0.3) is 0 Å². The van der Waals surface area contributed by atoms with Crippen molar-refractivity contribution in [1.29, 1.82) is 0 Å². The molecule has 0 bridgehead atoms. The Bertz CT molecular complexity index is 305. The van der Waals surface area contributed by atoms with E-state index in [1.807, 2.05) is 32.2 Å². The molecular formula is C10H18N4S. The normalized spacial score (nSPS) is 14.1. The van der Waals surface area contributed by atoms with Crippen molar-refractivity contribution < 1.29 is 0 Å². The molecule has 0 saturated heterocycles. The molecule has 84 valence electrons. The Morgan fingerprint density at radius 2 is 2.20 bits per heavy atom. The maximum atomic E-state index is 5.38. The van der Waals surface area contributed by atoms with Crippen molar-refractivity contribution in [3.63, 3.8) is 0 Å². The van der Waals surface area contributed by atoms with Crippen LogP contribution in [0.5, 0.6) is 0 Å². The molecule has 0 radical (unpaired) electrons. The Morgan fingerprint density at radius 3 is 2.67 bits per heavy atom. The van der Waals surface area contributed by atoms with Gasteiger partial charge in [0, 0.05) is 10.9 Å². The summed E-state index contributed by atoms with van der Waals surface area (Å²) in [6.07, 6.45) is 0. The molecule has 0 aliphatic heterocycles. The van der Waals surface area contributed by atoms with Gasteiger partial charge in [-0.25, -0.2) is 10.8 Å². The lowest BCUT2D eigenvalue weighted by molar-refractivity contribution is 0.690. The number of aliphatic imine (C=N–C) groups is 1. The van der Waals surface area contributed by atoms with Crippen LogP contribution in [-0.2, 0) is 0 Å². The first-order valence-electron chi connectivity index (χ1n) is 4.98. The summed E-state index contributed by atoms with van der Waals surface area (Å²) >= 11 is 1.70. The summed E-state index contributed by atoms with van der Waals surface area (Å²) < 4.78 is 0. The van der Waals surface area contributed by atoms with Gasteiger partial charge in [0.1, 0.15) is 0 Å². The lowest BCUT2D eigenvalue weighted by Gasteiger charge is -2.14. The molecule has 1 aromatic heterocycles. The second-order valence-electron chi connectivity index (χ2n) is 3.61. The molecular weight excluding hydrogens is 208 g/mol. The molecule has 0 amide bonds. The van der Waals surface area contributed by atoms with Crippen LogP contribution in [0.15, 0.2) is 22.5 Å². The molecule has 0 aliphatic rings. The summed E-state index contributed by atoms with van der Waals surface area (Å²) in [5.41, 5.74) is 2.57. The Kier molecular flexibility index (Phi) is 4.58. The van der Waals surface area contributed by atoms with Crippen molar-refractivity contribution >= 4 is 17.3 Å². The Labute approximate surface area is 94.6 Å². The van der Waals surface area contributed by atoms with E-state index in [0.29, 0.717) is 12.0 Å². The van der Waals surface area contributed by atoms with Crippen molar-refractivity contribution in [2.24, 2.45) is 10.8 Å². The first-order valence-corrected chi connectivity index (χ1v) is 5.85. The van der Waals surface area contributed by atoms with Crippen LogP contribution >= 0.6 is 11.3 Å². The van der Waals surface area contributed by atoms with Gasteiger partial charge >= 0.3 is 0 Å². The van der Waals surface area contributed by atoms with Crippen LogP contribution in [-0.4, -0.2) is 12.0 Å². The predicted molar refractivity (Wildman–Crippen MR) is 65.8 cm³/mol. The maximum Gasteiger partial charge on any atom is 0.206 e. The standard InChI is InChI=1S/C10H18N4S/c1-7(2)12-10(14-11)13-8(3)9-5-4-6-15-9/h4-8H,11H2,1-3H3,(H2,12,13,14). The number of hydrogen-bond acceptors (Lipinski definition) is 3. The SMILES string of the molecule is CC(C)NC(=NC(C)c1cccs1)NN. The summed E-state index contributed by atoms with van der Waals surface area (Å²) in [6.45, 7) is 6.14. The second kappa shape index (κ2) is 5.72. The zero-order valence-electron chi connectivity index (χ0n) is 9.32. The van der Waals surface area contributed by atoms with E-state index in [0.717, 1.165) is 0 Å². The number of hydrogen-bond donors (Lipinski definition) is 3. The molecule has 1 heterocycles. The van der Waals surface area contributed by atoms with Gasteiger partial charge in [0.2, 0.25) is 5.96 Å². The number of rotatable bonds is 3. The second-order valence-corrected chi connectivity index (χ2v) is 4.59. The molecule has 0 fully saturated rings. The van der Waals surface area contributed by atoms with Crippen LogP contribution < -0.4 is 16.6 Å². The van der Waals surface area contributed by atoms with E-state index in [2.05, 4.69) is 21.8 Å². The fraction of sp³-hybridized carbons (Fsp3) is 0.500. The van der Waals surface area contributed by atoms with Crippen LogP contribution in [0.3, 0.4) is 0 Å². The number of nitrogens with one attached hydrogen (secondary N) is 2. The molecule has 0 aromatic carbocycles. The maximum absolute atomic E-state index is 5.38. The van der Waals surface area contributed by atoms with E-state index in [9.17, 15) is 0 Å². The minimum Gasteiger partial charge on any atom is -0.353 e. The average Bonchev–Trinajstić information content (AvgIpc) is 2.68. The van der Waals surface area contributed by atoms with Crippen LogP contribution in [0.2, 0.25) is 0 Å². The molecule has 1 atom stereocenters. The predicted octanol–water partition coefficient (Wildman–Crippen LogP) is 1.63. The fourth-order valence-corrected chi connectivity index (χ4v) is 1.90. The van der Waals surface area contributed by atoms with Gasteiger partial charge < -0.3 is 5.32 Å². The molecule has 5 heteroatoms. The highest BCUT2D eigenvalue weighted by atomic mass is 32.1. The van der Waals surface area contributed by atoms with Gasteiger partial charge in [-0.3, -0.25) is 5.43 Å². The first-order chi connectivity index (χ1) is 7.13. The van der Waals surface area contributed by atoms with Crippen LogP contribution in [0.1, 0.15) is 31.7 Å².